The number of hydrogen-bond donors (Lipinski definition) is 1. The monoisotopic (exact) mass is 590 g/mol. The Kier molecular flexibility index (Phi) is 8.84. The zero-order valence-corrected chi connectivity index (χ0v) is 24.9. The van der Waals surface area contributed by atoms with E-state index >= 15 is 0 Å². The largest absolute Gasteiger partial charge is 0.497 e. The number of aromatic nitrogens is 3. The zero-order valence-electron chi connectivity index (χ0n) is 24.9. The first kappa shape index (κ1) is 31.2. The van der Waals surface area contributed by atoms with Crippen molar-refractivity contribution in [1.29, 1.82) is 0 Å². The lowest BCUT2D eigenvalue weighted by atomic mass is 10.0. The van der Waals surface area contributed by atoms with Crippen molar-refractivity contribution in [2.75, 3.05) is 33.4 Å². The number of carbonyl (C=O) groups excluding carboxylic acids is 2. The Morgan fingerprint density at radius 1 is 1.14 bits per heavy atom. The molecule has 0 saturated carbocycles. The van der Waals surface area contributed by atoms with Crippen molar-refractivity contribution in [3.8, 4) is 17.0 Å². The number of nitrogens with zero attached hydrogens (tertiary/aromatic N) is 5. The van der Waals surface area contributed by atoms with Crippen molar-refractivity contribution >= 4 is 17.5 Å². The molecule has 1 aliphatic rings. The third kappa shape index (κ3) is 6.67. The van der Waals surface area contributed by atoms with E-state index in [4.69, 9.17) is 9.47 Å². The van der Waals surface area contributed by atoms with E-state index in [9.17, 15) is 22.8 Å². The van der Waals surface area contributed by atoms with E-state index in [1.807, 2.05) is 39.5 Å². The van der Waals surface area contributed by atoms with Crippen molar-refractivity contribution in [2.24, 2.45) is 0 Å². The van der Waals surface area contributed by atoms with Crippen molar-refractivity contribution < 1.29 is 32.2 Å². The summed E-state index contributed by atoms with van der Waals surface area (Å²) < 4.78 is 54.3. The van der Waals surface area contributed by atoms with Crippen LogP contribution in [-0.4, -0.2) is 87.4 Å². The quantitative estimate of drug-likeness (QED) is 0.441. The number of hydrogen-bond acceptors (Lipinski definition) is 7. The molecule has 0 bridgehead atoms. The molecule has 1 aliphatic heterocycles. The van der Waals surface area contributed by atoms with Crippen LogP contribution in [0.3, 0.4) is 0 Å². The molecule has 2 amide bonds. The van der Waals surface area contributed by atoms with E-state index in [1.165, 1.54) is 14.0 Å². The number of rotatable bonds is 7. The highest BCUT2D eigenvalue weighted by Gasteiger charge is 2.39. The van der Waals surface area contributed by atoms with Crippen LogP contribution in [0, 0.1) is 6.92 Å². The van der Waals surface area contributed by atoms with Gasteiger partial charge < -0.3 is 19.7 Å². The molecule has 2 aromatic heterocycles. The molecule has 1 N–H and O–H groups in total. The maximum Gasteiger partial charge on any atom is 0.433 e. The lowest BCUT2D eigenvalue weighted by Crippen LogP contribution is -2.59. The van der Waals surface area contributed by atoms with Crippen LogP contribution in [0.5, 0.6) is 5.75 Å². The molecule has 3 aromatic rings. The van der Waals surface area contributed by atoms with Gasteiger partial charge in [-0.15, -0.1) is 0 Å². The van der Waals surface area contributed by atoms with Gasteiger partial charge in [0.05, 0.1) is 30.8 Å². The first-order valence-corrected chi connectivity index (χ1v) is 13.7. The standard InChI is InChI=1S/C29H37F3N6O4/c1-17-15-36(19(3)34-23(39)16-42-28(4,5)6)12-13-37(17)27(40)22-14-33-38-25(29(30,31)32)18(2)24(35-26(22)38)20-8-10-21(41-7)11-9-20/h8-11,14,17,19H,12-13,15-16H2,1-7H3,(H,34,39)/t17-,19+/m1/s1. The zero-order chi connectivity index (χ0) is 31.0. The van der Waals surface area contributed by atoms with Crippen molar-refractivity contribution in [3.63, 3.8) is 0 Å². The van der Waals surface area contributed by atoms with Gasteiger partial charge in [0.25, 0.3) is 5.91 Å². The first-order chi connectivity index (χ1) is 19.6. The van der Waals surface area contributed by atoms with Crippen LogP contribution in [-0.2, 0) is 15.7 Å². The highest BCUT2D eigenvalue weighted by Crippen LogP contribution is 2.37. The van der Waals surface area contributed by atoms with Crippen LogP contribution in [0.15, 0.2) is 30.5 Å². The van der Waals surface area contributed by atoms with Crippen molar-refractivity contribution in [1.82, 2.24) is 29.7 Å². The van der Waals surface area contributed by atoms with Gasteiger partial charge in [0, 0.05) is 36.8 Å². The fourth-order valence-corrected chi connectivity index (χ4v) is 5.03. The Hall–Kier alpha value is -3.71. The van der Waals surface area contributed by atoms with Crippen LogP contribution in [0.1, 0.15) is 56.2 Å². The topological polar surface area (TPSA) is 101 Å². The summed E-state index contributed by atoms with van der Waals surface area (Å²) in [6.45, 7) is 11.8. The highest BCUT2D eigenvalue weighted by molar-refractivity contribution is 6.00. The van der Waals surface area contributed by atoms with Gasteiger partial charge >= 0.3 is 6.18 Å². The number of piperazine rings is 1. The Bertz CT molecular complexity index is 1450. The Balaban J connectivity index is 1.58. The third-order valence-corrected chi connectivity index (χ3v) is 7.22. The number of benzene rings is 1. The van der Waals surface area contributed by atoms with E-state index in [0.717, 1.165) is 6.20 Å². The summed E-state index contributed by atoms with van der Waals surface area (Å²) in [6.07, 6.45) is -3.89. The summed E-state index contributed by atoms with van der Waals surface area (Å²) >= 11 is 0. The minimum absolute atomic E-state index is 0.0174. The molecular weight excluding hydrogens is 553 g/mol. The smallest absolute Gasteiger partial charge is 0.433 e. The average molecular weight is 591 g/mol. The number of nitrogens with one attached hydrogen (secondary N) is 1. The summed E-state index contributed by atoms with van der Waals surface area (Å²) in [5.74, 6) is -0.156. The van der Waals surface area contributed by atoms with Gasteiger partial charge in [-0.2, -0.15) is 18.3 Å². The minimum Gasteiger partial charge on any atom is -0.497 e. The molecule has 13 heteroatoms. The molecule has 42 heavy (non-hydrogen) atoms. The molecule has 0 spiro atoms. The van der Waals surface area contributed by atoms with Crippen LogP contribution in [0.2, 0.25) is 0 Å². The van der Waals surface area contributed by atoms with Crippen LogP contribution < -0.4 is 10.1 Å². The molecule has 0 unspecified atom stereocenters. The SMILES string of the molecule is COc1ccc(-c2nc3c(C(=O)N4CCN([C@@H](C)NC(=O)COC(C)(C)C)C[C@H]4C)cnn3c(C(F)(F)F)c2C)cc1. The lowest BCUT2D eigenvalue weighted by molar-refractivity contribution is -0.143. The molecule has 1 saturated heterocycles. The summed E-state index contributed by atoms with van der Waals surface area (Å²) in [5, 5.41) is 6.87. The normalized spacial score (nSPS) is 17.4. The second-order valence-electron chi connectivity index (χ2n) is 11.4. The molecule has 4 rings (SSSR count). The summed E-state index contributed by atoms with van der Waals surface area (Å²) in [7, 11) is 1.50. The van der Waals surface area contributed by atoms with E-state index < -0.39 is 23.4 Å². The molecule has 0 radical (unpaired) electrons. The fourth-order valence-electron chi connectivity index (χ4n) is 5.03. The van der Waals surface area contributed by atoms with Gasteiger partial charge in [0.2, 0.25) is 5.91 Å². The minimum atomic E-state index is -4.74. The Morgan fingerprint density at radius 3 is 2.38 bits per heavy atom. The summed E-state index contributed by atoms with van der Waals surface area (Å²) in [4.78, 5) is 34.2. The lowest BCUT2D eigenvalue weighted by Gasteiger charge is -2.42. The maximum absolute atomic E-state index is 14.3. The van der Waals surface area contributed by atoms with Gasteiger partial charge in [-0.1, -0.05) is 0 Å². The second-order valence-corrected chi connectivity index (χ2v) is 11.4. The number of amides is 2. The van der Waals surface area contributed by atoms with Gasteiger partial charge in [-0.05, 0) is 65.8 Å². The predicted molar refractivity (Wildman–Crippen MR) is 150 cm³/mol. The van der Waals surface area contributed by atoms with Gasteiger partial charge in [-0.25, -0.2) is 9.50 Å². The van der Waals surface area contributed by atoms with Gasteiger partial charge in [0.1, 0.15) is 17.9 Å². The number of fused-ring (bicyclic) bond motifs is 1. The second kappa shape index (κ2) is 11.9. The van der Waals surface area contributed by atoms with E-state index in [2.05, 4.69) is 15.4 Å². The average Bonchev–Trinajstić information content (AvgIpc) is 3.33. The Morgan fingerprint density at radius 2 is 1.81 bits per heavy atom. The van der Waals surface area contributed by atoms with Gasteiger partial charge in [-0.3, -0.25) is 14.5 Å². The van der Waals surface area contributed by atoms with Crippen LogP contribution in [0.4, 0.5) is 13.2 Å². The fraction of sp³-hybridized carbons (Fsp3) is 0.517. The van der Waals surface area contributed by atoms with Crippen molar-refractivity contribution in [3.05, 3.63) is 47.3 Å². The van der Waals surface area contributed by atoms with E-state index in [1.54, 1.807) is 29.2 Å². The number of alkyl halides is 3. The third-order valence-electron chi connectivity index (χ3n) is 7.22. The molecule has 1 aromatic carbocycles. The summed E-state index contributed by atoms with van der Waals surface area (Å²) in [6, 6.07) is 6.23. The number of carbonyl (C=O) groups is 2. The first-order valence-electron chi connectivity index (χ1n) is 13.7. The van der Waals surface area contributed by atoms with E-state index in [0.29, 0.717) is 35.5 Å². The molecular formula is C29H37F3N6O4. The predicted octanol–water partition coefficient (Wildman–Crippen LogP) is 4.16. The molecule has 2 atom stereocenters. The number of ether oxygens (including phenoxy) is 2. The number of halogens is 3. The van der Waals surface area contributed by atoms with Gasteiger partial charge in [0.15, 0.2) is 11.3 Å². The molecule has 3 heterocycles. The Labute approximate surface area is 242 Å². The van der Waals surface area contributed by atoms with Crippen molar-refractivity contribution in [2.45, 2.75) is 65.5 Å². The van der Waals surface area contributed by atoms with E-state index in [-0.39, 0.29) is 47.2 Å². The van der Waals surface area contributed by atoms with Crippen LogP contribution >= 0.6 is 0 Å². The highest BCUT2D eigenvalue weighted by atomic mass is 19.4. The summed E-state index contributed by atoms with van der Waals surface area (Å²) in [5.41, 5.74) is -1.17. The van der Waals surface area contributed by atoms with Crippen LogP contribution in [0.25, 0.3) is 16.9 Å². The molecule has 228 valence electrons. The molecule has 10 nitrogen and oxygen atoms in total. The maximum atomic E-state index is 14.3. The molecule has 0 aliphatic carbocycles. The number of methoxy groups -OCH3 is 1. The molecule has 1 fully saturated rings.